The van der Waals surface area contributed by atoms with Gasteiger partial charge in [0.2, 0.25) is 0 Å². The van der Waals surface area contributed by atoms with Crippen molar-refractivity contribution in [3.63, 3.8) is 0 Å². The fourth-order valence-corrected chi connectivity index (χ4v) is 4.06. The number of hydrogen-bond acceptors (Lipinski definition) is 3. The first-order chi connectivity index (χ1) is 13.5. The van der Waals surface area contributed by atoms with Crippen molar-refractivity contribution in [1.82, 2.24) is 4.90 Å². The molecule has 4 nitrogen and oxygen atoms in total. The van der Waals surface area contributed by atoms with Crippen LogP contribution < -0.4 is 4.90 Å². The van der Waals surface area contributed by atoms with Crippen molar-refractivity contribution in [1.29, 1.82) is 0 Å². The van der Waals surface area contributed by atoms with Crippen molar-refractivity contribution >= 4 is 34.7 Å². The lowest BCUT2D eigenvalue weighted by Gasteiger charge is -2.33. The smallest absolute Gasteiger partial charge is 0.282 e. The molecule has 4 rings (SSSR count). The number of halogens is 2. The Morgan fingerprint density at radius 2 is 1.82 bits per heavy atom. The van der Waals surface area contributed by atoms with Crippen LogP contribution in [0, 0.1) is 11.7 Å². The standard InChI is InChI=1S/C22H20ClFN2O2/c1-14-4-3-11-25(13-14)20-19(15-7-9-16(23)10-8-15)21(27)26(22(20)28)18-6-2-5-17(24)12-18/h2,5-10,12,14H,3-4,11,13H2,1H3. The number of rotatable bonds is 3. The Labute approximate surface area is 168 Å². The van der Waals surface area contributed by atoms with Crippen LogP contribution in [0.1, 0.15) is 25.3 Å². The molecular weight excluding hydrogens is 379 g/mol. The van der Waals surface area contributed by atoms with E-state index in [0.717, 1.165) is 17.7 Å². The van der Waals surface area contributed by atoms with E-state index in [1.807, 2.05) is 4.90 Å². The molecule has 0 spiro atoms. The lowest BCUT2D eigenvalue weighted by Crippen LogP contribution is -2.39. The summed E-state index contributed by atoms with van der Waals surface area (Å²) in [5.74, 6) is -0.911. The van der Waals surface area contributed by atoms with E-state index in [9.17, 15) is 14.0 Å². The molecule has 2 amide bonds. The van der Waals surface area contributed by atoms with Crippen molar-refractivity contribution < 1.29 is 14.0 Å². The van der Waals surface area contributed by atoms with E-state index in [1.165, 1.54) is 18.2 Å². The first-order valence-electron chi connectivity index (χ1n) is 9.35. The van der Waals surface area contributed by atoms with Gasteiger partial charge in [-0.15, -0.1) is 0 Å². The normalized spacial score (nSPS) is 20.3. The molecule has 2 aliphatic heterocycles. The minimum atomic E-state index is -0.494. The summed E-state index contributed by atoms with van der Waals surface area (Å²) in [5.41, 5.74) is 1.61. The first-order valence-corrected chi connectivity index (χ1v) is 9.73. The zero-order chi connectivity index (χ0) is 19.8. The number of amides is 2. The lowest BCUT2D eigenvalue weighted by atomic mass is 9.98. The Bertz CT molecular complexity index is 971. The molecule has 0 bridgehead atoms. The molecule has 0 saturated carbocycles. The molecule has 2 heterocycles. The van der Waals surface area contributed by atoms with Gasteiger partial charge in [0.05, 0.1) is 11.3 Å². The molecule has 144 valence electrons. The number of likely N-dealkylation sites (tertiary alicyclic amines) is 1. The summed E-state index contributed by atoms with van der Waals surface area (Å²) < 4.78 is 13.8. The molecule has 0 aromatic heterocycles. The van der Waals surface area contributed by atoms with Crippen molar-refractivity contribution in [2.45, 2.75) is 19.8 Å². The summed E-state index contributed by atoms with van der Waals surface area (Å²) in [7, 11) is 0. The average molecular weight is 399 g/mol. The fraction of sp³-hybridized carbons (Fsp3) is 0.273. The van der Waals surface area contributed by atoms with Gasteiger partial charge in [-0.1, -0.05) is 36.7 Å². The number of piperidine rings is 1. The lowest BCUT2D eigenvalue weighted by molar-refractivity contribution is -0.120. The molecule has 28 heavy (non-hydrogen) atoms. The van der Waals surface area contributed by atoms with Gasteiger partial charge in [0, 0.05) is 18.1 Å². The molecule has 1 saturated heterocycles. The van der Waals surface area contributed by atoms with E-state index in [2.05, 4.69) is 6.92 Å². The minimum Gasteiger partial charge on any atom is -0.366 e. The molecule has 6 heteroatoms. The second-order valence-electron chi connectivity index (χ2n) is 7.35. The summed E-state index contributed by atoms with van der Waals surface area (Å²) in [6, 6.07) is 12.4. The van der Waals surface area contributed by atoms with Gasteiger partial charge in [-0.2, -0.15) is 0 Å². The number of carbonyl (C=O) groups is 2. The molecule has 2 aromatic carbocycles. The third-order valence-corrected chi connectivity index (χ3v) is 5.48. The molecule has 0 radical (unpaired) electrons. The van der Waals surface area contributed by atoms with Crippen LogP contribution in [0.25, 0.3) is 5.57 Å². The van der Waals surface area contributed by atoms with E-state index in [1.54, 1.807) is 30.3 Å². The second-order valence-corrected chi connectivity index (χ2v) is 7.79. The van der Waals surface area contributed by atoms with Crippen LogP contribution in [-0.2, 0) is 9.59 Å². The summed E-state index contributed by atoms with van der Waals surface area (Å²) >= 11 is 6.00. The van der Waals surface area contributed by atoms with Crippen LogP contribution in [0.2, 0.25) is 5.02 Å². The van der Waals surface area contributed by atoms with Crippen molar-refractivity contribution in [2.24, 2.45) is 5.92 Å². The van der Waals surface area contributed by atoms with Gasteiger partial charge < -0.3 is 4.90 Å². The van der Waals surface area contributed by atoms with Gasteiger partial charge in [-0.05, 0) is 54.7 Å². The Kier molecular flexibility index (Phi) is 4.94. The van der Waals surface area contributed by atoms with Crippen molar-refractivity contribution in [3.05, 3.63) is 70.6 Å². The van der Waals surface area contributed by atoms with Gasteiger partial charge in [0.1, 0.15) is 11.5 Å². The van der Waals surface area contributed by atoms with Crippen LogP contribution in [0.4, 0.5) is 10.1 Å². The molecule has 1 unspecified atom stereocenters. The predicted molar refractivity (Wildman–Crippen MR) is 107 cm³/mol. The van der Waals surface area contributed by atoms with Crippen LogP contribution >= 0.6 is 11.6 Å². The molecule has 1 atom stereocenters. The molecule has 2 aliphatic rings. The number of anilines is 1. The highest BCUT2D eigenvalue weighted by Gasteiger charge is 2.43. The van der Waals surface area contributed by atoms with Gasteiger partial charge in [-0.3, -0.25) is 9.59 Å². The van der Waals surface area contributed by atoms with Gasteiger partial charge in [0.15, 0.2) is 0 Å². The second kappa shape index (κ2) is 7.40. The molecule has 1 fully saturated rings. The van der Waals surface area contributed by atoms with Gasteiger partial charge >= 0.3 is 0 Å². The van der Waals surface area contributed by atoms with Crippen LogP contribution in [0.3, 0.4) is 0 Å². The van der Waals surface area contributed by atoms with Gasteiger partial charge in [-0.25, -0.2) is 9.29 Å². The third kappa shape index (κ3) is 3.31. The monoisotopic (exact) mass is 398 g/mol. The fourth-order valence-electron chi connectivity index (χ4n) is 3.93. The van der Waals surface area contributed by atoms with E-state index in [0.29, 0.717) is 40.9 Å². The number of nitrogens with zero attached hydrogens (tertiary/aromatic N) is 2. The molecule has 0 N–H and O–H groups in total. The summed E-state index contributed by atoms with van der Waals surface area (Å²) in [6.45, 7) is 3.56. The van der Waals surface area contributed by atoms with E-state index in [-0.39, 0.29) is 5.69 Å². The predicted octanol–water partition coefficient (Wildman–Crippen LogP) is 4.50. The van der Waals surface area contributed by atoms with Crippen LogP contribution in [0.5, 0.6) is 0 Å². The zero-order valence-corrected chi connectivity index (χ0v) is 16.2. The van der Waals surface area contributed by atoms with Gasteiger partial charge in [0.25, 0.3) is 11.8 Å². The Morgan fingerprint density at radius 3 is 2.50 bits per heavy atom. The van der Waals surface area contributed by atoms with E-state index >= 15 is 0 Å². The average Bonchev–Trinajstić information content (AvgIpc) is 2.93. The number of carbonyl (C=O) groups excluding carboxylic acids is 2. The zero-order valence-electron chi connectivity index (χ0n) is 15.5. The van der Waals surface area contributed by atoms with E-state index in [4.69, 9.17) is 11.6 Å². The number of benzene rings is 2. The maximum absolute atomic E-state index is 13.8. The quantitative estimate of drug-likeness (QED) is 0.715. The largest absolute Gasteiger partial charge is 0.366 e. The Morgan fingerprint density at radius 1 is 1.07 bits per heavy atom. The highest BCUT2D eigenvalue weighted by Crippen LogP contribution is 2.36. The maximum atomic E-state index is 13.8. The topological polar surface area (TPSA) is 40.6 Å². The van der Waals surface area contributed by atoms with Crippen molar-refractivity contribution in [3.8, 4) is 0 Å². The highest BCUT2D eigenvalue weighted by atomic mass is 35.5. The maximum Gasteiger partial charge on any atom is 0.282 e. The number of imide groups is 1. The minimum absolute atomic E-state index is 0.238. The number of hydrogen-bond donors (Lipinski definition) is 0. The van der Waals surface area contributed by atoms with Crippen LogP contribution in [-0.4, -0.2) is 29.8 Å². The Hall–Kier alpha value is -2.66. The SMILES string of the molecule is CC1CCCN(C2=C(c3ccc(Cl)cc3)C(=O)N(c3cccc(F)c3)C2=O)C1. The summed E-state index contributed by atoms with van der Waals surface area (Å²) in [6.07, 6.45) is 2.05. The summed E-state index contributed by atoms with van der Waals surface area (Å²) in [4.78, 5) is 29.7. The summed E-state index contributed by atoms with van der Waals surface area (Å²) in [5, 5.41) is 0.552. The van der Waals surface area contributed by atoms with Crippen LogP contribution in [0.15, 0.2) is 54.2 Å². The highest BCUT2D eigenvalue weighted by molar-refractivity contribution is 6.45. The van der Waals surface area contributed by atoms with Crippen molar-refractivity contribution in [2.75, 3.05) is 18.0 Å². The first kappa shape index (κ1) is 18.7. The molecule has 2 aromatic rings. The Balaban J connectivity index is 1.83. The molecular formula is C22H20ClFN2O2. The third-order valence-electron chi connectivity index (χ3n) is 5.23. The molecule has 0 aliphatic carbocycles. The van der Waals surface area contributed by atoms with E-state index < -0.39 is 17.6 Å².